The lowest BCUT2D eigenvalue weighted by atomic mass is 9.95. The fraction of sp³-hybridized carbons (Fsp3) is 0.545. The monoisotopic (exact) mass is 447 g/mol. The Labute approximate surface area is 183 Å². The van der Waals surface area contributed by atoms with Crippen LogP contribution in [0.4, 0.5) is 0 Å². The Balaban J connectivity index is 1.36. The average Bonchev–Trinajstić information content (AvgIpc) is 3.33. The topological polar surface area (TPSA) is 105 Å². The fourth-order valence-electron chi connectivity index (χ4n) is 4.68. The van der Waals surface area contributed by atoms with Crippen molar-refractivity contribution in [1.29, 1.82) is 0 Å². The summed E-state index contributed by atoms with van der Waals surface area (Å²) in [4.78, 5) is 24.1. The van der Waals surface area contributed by atoms with E-state index in [0.717, 1.165) is 25.7 Å². The lowest BCUT2D eigenvalue weighted by Crippen LogP contribution is -2.37. The first-order valence-electron chi connectivity index (χ1n) is 10.9. The van der Waals surface area contributed by atoms with Crippen LogP contribution in [0.15, 0.2) is 41.8 Å². The first-order valence-corrected chi connectivity index (χ1v) is 12.3. The van der Waals surface area contributed by atoms with Crippen molar-refractivity contribution in [3.05, 3.63) is 42.5 Å². The molecule has 1 aliphatic carbocycles. The third-order valence-electron chi connectivity index (χ3n) is 6.39. The molecule has 0 radical (unpaired) electrons. The van der Waals surface area contributed by atoms with Gasteiger partial charge < -0.3 is 15.4 Å². The normalized spacial score (nSPS) is 26.9. The molecule has 3 fully saturated rings. The van der Waals surface area contributed by atoms with Crippen LogP contribution in [0.1, 0.15) is 48.9 Å². The molecular weight excluding hydrogens is 418 g/mol. The maximum Gasteiger partial charge on any atom is 0.251 e. The fourth-order valence-corrected chi connectivity index (χ4v) is 6.18. The quantitative estimate of drug-likeness (QED) is 0.647. The van der Waals surface area contributed by atoms with E-state index in [1.807, 2.05) is 0 Å². The van der Waals surface area contributed by atoms with E-state index in [-0.39, 0.29) is 41.3 Å². The minimum Gasteiger partial charge on any atom is -0.354 e. The van der Waals surface area contributed by atoms with E-state index in [4.69, 9.17) is 4.74 Å². The molecule has 2 N–H and O–H groups in total. The highest BCUT2D eigenvalue weighted by Crippen LogP contribution is 2.35. The lowest BCUT2D eigenvalue weighted by Gasteiger charge is -2.23. The third-order valence-corrected chi connectivity index (χ3v) is 8.23. The summed E-state index contributed by atoms with van der Waals surface area (Å²) in [5.41, 5.74) is 0.465. The molecule has 3 aliphatic rings. The van der Waals surface area contributed by atoms with Gasteiger partial charge in [-0.25, -0.2) is 8.42 Å². The number of hydrogen-bond acceptors (Lipinski definition) is 5. The molecule has 31 heavy (non-hydrogen) atoms. The van der Waals surface area contributed by atoms with Crippen molar-refractivity contribution in [2.45, 2.75) is 61.8 Å². The second-order valence-electron chi connectivity index (χ2n) is 8.53. The molecule has 3 unspecified atom stereocenters. The largest absolute Gasteiger partial charge is 0.354 e. The molecule has 0 spiro atoms. The minimum absolute atomic E-state index is 0.0328. The Hall–Kier alpha value is -2.23. The number of sulfonamides is 1. The van der Waals surface area contributed by atoms with E-state index >= 15 is 0 Å². The Kier molecular flexibility index (Phi) is 6.45. The van der Waals surface area contributed by atoms with Gasteiger partial charge in [0.05, 0.1) is 11.0 Å². The molecule has 2 aliphatic heterocycles. The molecule has 1 aromatic carbocycles. The molecule has 9 heteroatoms. The summed E-state index contributed by atoms with van der Waals surface area (Å²) in [5.74, 6) is -0.430. The molecule has 2 amide bonds. The van der Waals surface area contributed by atoms with Crippen LogP contribution in [-0.2, 0) is 19.6 Å². The molecule has 0 aromatic heterocycles. The van der Waals surface area contributed by atoms with Crippen molar-refractivity contribution in [1.82, 2.24) is 14.9 Å². The number of benzene rings is 1. The predicted octanol–water partition coefficient (Wildman–Crippen LogP) is 1.79. The van der Waals surface area contributed by atoms with Gasteiger partial charge in [0.25, 0.3) is 5.91 Å². The molecule has 1 aromatic rings. The van der Waals surface area contributed by atoms with E-state index in [2.05, 4.69) is 17.2 Å². The SMILES string of the molecule is C=CC(=O)NC1CC2CN(S(=O)(=O)c3ccc(C(=O)NC4CCCCC4)cc3)CC2O1. The summed E-state index contributed by atoms with van der Waals surface area (Å²) in [6.45, 7) is 4.01. The van der Waals surface area contributed by atoms with Crippen LogP contribution in [0, 0.1) is 5.92 Å². The maximum atomic E-state index is 13.1. The smallest absolute Gasteiger partial charge is 0.251 e. The van der Waals surface area contributed by atoms with Crippen molar-refractivity contribution in [2.75, 3.05) is 13.1 Å². The highest BCUT2D eigenvalue weighted by Gasteiger charge is 2.46. The van der Waals surface area contributed by atoms with Crippen LogP contribution < -0.4 is 10.6 Å². The Morgan fingerprint density at radius 1 is 1.06 bits per heavy atom. The van der Waals surface area contributed by atoms with E-state index in [1.54, 1.807) is 12.1 Å². The van der Waals surface area contributed by atoms with Crippen LogP contribution in [-0.4, -0.2) is 56.0 Å². The molecule has 1 saturated carbocycles. The van der Waals surface area contributed by atoms with Crippen LogP contribution in [0.2, 0.25) is 0 Å². The molecule has 8 nitrogen and oxygen atoms in total. The average molecular weight is 448 g/mol. The zero-order chi connectivity index (χ0) is 22.0. The second kappa shape index (κ2) is 9.10. The summed E-state index contributed by atoms with van der Waals surface area (Å²) in [6, 6.07) is 6.33. The Morgan fingerprint density at radius 2 is 1.77 bits per heavy atom. The zero-order valence-corrected chi connectivity index (χ0v) is 18.3. The van der Waals surface area contributed by atoms with Crippen molar-refractivity contribution in [2.24, 2.45) is 5.92 Å². The zero-order valence-electron chi connectivity index (χ0n) is 17.5. The Bertz CT molecular complexity index is 926. The van der Waals surface area contributed by atoms with E-state index in [0.29, 0.717) is 18.5 Å². The van der Waals surface area contributed by atoms with Gasteiger partial charge in [-0.3, -0.25) is 9.59 Å². The molecule has 4 rings (SSSR count). The van der Waals surface area contributed by atoms with E-state index < -0.39 is 16.3 Å². The van der Waals surface area contributed by atoms with Crippen molar-refractivity contribution in [3.8, 4) is 0 Å². The lowest BCUT2D eigenvalue weighted by molar-refractivity contribution is -0.120. The number of nitrogens with one attached hydrogen (secondary N) is 2. The molecule has 2 heterocycles. The molecule has 3 atom stereocenters. The standard InChI is InChI=1S/C22H29N3O5S/c1-2-20(26)24-21-12-16-13-25(14-19(16)30-21)31(28,29)18-10-8-15(9-11-18)22(27)23-17-6-4-3-5-7-17/h2,8-11,16-17,19,21H,1,3-7,12-14H2,(H,23,27)(H,24,26). The van der Waals surface area contributed by atoms with Crippen LogP contribution in [0.5, 0.6) is 0 Å². The van der Waals surface area contributed by atoms with Gasteiger partial charge >= 0.3 is 0 Å². The minimum atomic E-state index is -3.68. The summed E-state index contributed by atoms with van der Waals surface area (Å²) in [6.07, 6.45) is 6.56. The second-order valence-corrected chi connectivity index (χ2v) is 10.5. The van der Waals surface area contributed by atoms with Crippen LogP contribution >= 0.6 is 0 Å². The number of fused-ring (bicyclic) bond motifs is 1. The van der Waals surface area contributed by atoms with Crippen LogP contribution in [0.25, 0.3) is 0 Å². The molecular formula is C22H29N3O5S. The number of rotatable bonds is 6. The summed E-state index contributed by atoms with van der Waals surface area (Å²) in [5, 5.41) is 5.75. The number of amides is 2. The number of nitrogens with zero attached hydrogens (tertiary/aromatic N) is 1. The van der Waals surface area contributed by atoms with Gasteiger partial charge in [0.15, 0.2) is 0 Å². The number of ether oxygens (including phenoxy) is 1. The van der Waals surface area contributed by atoms with Gasteiger partial charge in [0.1, 0.15) is 6.23 Å². The number of hydrogen-bond donors (Lipinski definition) is 2. The van der Waals surface area contributed by atoms with Gasteiger partial charge in [-0.1, -0.05) is 25.8 Å². The Morgan fingerprint density at radius 3 is 2.42 bits per heavy atom. The van der Waals surface area contributed by atoms with Crippen molar-refractivity contribution < 1.29 is 22.7 Å². The molecule has 0 bridgehead atoms. The summed E-state index contributed by atoms with van der Waals surface area (Å²) in [7, 11) is -3.68. The highest BCUT2D eigenvalue weighted by molar-refractivity contribution is 7.89. The molecule has 2 saturated heterocycles. The van der Waals surface area contributed by atoms with Gasteiger partial charge in [-0.15, -0.1) is 0 Å². The van der Waals surface area contributed by atoms with Gasteiger partial charge in [-0.2, -0.15) is 4.31 Å². The van der Waals surface area contributed by atoms with E-state index in [9.17, 15) is 18.0 Å². The molecule has 168 valence electrons. The van der Waals surface area contributed by atoms with Crippen molar-refractivity contribution >= 4 is 21.8 Å². The first kappa shape index (κ1) is 22.0. The number of carbonyl (C=O) groups is 2. The third kappa shape index (κ3) is 4.83. The van der Waals surface area contributed by atoms with Crippen molar-refractivity contribution in [3.63, 3.8) is 0 Å². The first-order chi connectivity index (χ1) is 14.9. The highest BCUT2D eigenvalue weighted by atomic mass is 32.2. The van der Waals surface area contributed by atoms with Gasteiger partial charge in [0.2, 0.25) is 15.9 Å². The van der Waals surface area contributed by atoms with Gasteiger partial charge in [-0.05, 0) is 49.6 Å². The predicted molar refractivity (Wildman–Crippen MR) is 115 cm³/mol. The maximum absolute atomic E-state index is 13.1. The van der Waals surface area contributed by atoms with Crippen LogP contribution in [0.3, 0.4) is 0 Å². The summed E-state index contributed by atoms with van der Waals surface area (Å²) >= 11 is 0. The van der Waals surface area contributed by atoms with E-state index in [1.165, 1.54) is 28.9 Å². The summed E-state index contributed by atoms with van der Waals surface area (Å²) < 4.78 is 33.3. The number of carbonyl (C=O) groups excluding carboxylic acids is 2. The van der Waals surface area contributed by atoms with Gasteiger partial charge in [0, 0.05) is 30.6 Å².